The number of hydrazone groups is 1. The van der Waals surface area contributed by atoms with Gasteiger partial charge in [-0.2, -0.15) is 5.10 Å². The molecule has 1 N–H and O–H groups in total. The fourth-order valence-corrected chi connectivity index (χ4v) is 3.02. The van der Waals surface area contributed by atoms with E-state index in [0.717, 1.165) is 28.0 Å². The molecule has 0 bridgehead atoms. The number of nitrogens with one attached hydrogen (secondary N) is 1. The molecule has 2 aromatic heterocycles. The molecular weight excluding hydrogens is 406 g/mol. The van der Waals surface area contributed by atoms with Crippen molar-refractivity contribution in [2.45, 2.75) is 13.5 Å². The number of fused-ring (bicyclic) bond motifs is 1. The Bertz CT molecular complexity index is 1280. The maximum atomic E-state index is 12.0. The number of aromatic nitrogens is 3. The minimum absolute atomic E-state index is 0.259. The Morgan fingerprint density at radius 1 is 1.03 bits per heavy atom. The van der Waals surface area contributed by atoms with Crippen LogP contribution in [0.4, 0.5) is 0 Å². The maximum absolute atomic E-state index is 12.0. The lowest BCUT2D eigenvalue weighted by molar-refractivity contribution is 0.0955. The number of nitrogens with zero attached hydrogens (tertiary/aromatic N) is 4. The summed E-state index contributed by atoms with van der Waals surface area (Å²) in [6.07, 6.45) is 4.63. The number of hydrogen-bond donors (Lipinski definition) is 1. The van der Waals surface area contributed by atoms with E-state index in [2.05, 4.69) is 25.5 Å². The van der Waals surface area contributed by atoms with Crippen LogP contribution in [-0.4, -0.2) is 34.2 Å². The standard InChI is InChI=1S/C24H21N5O3/c1-16-21(28-20-6-4-3-5-19(20)27-16)15-32-22-8-7-17(13-23(22)31-2)14-26-29-24(30)18-9-11-25-12-10-18/h3-14H,15H2,1-2H3,(H,29,30)/b26-14+. The molecule has 0 spiro atoms. The van der Waals surface area contributed by atoms with Gasteiger partial charge in [-0.05, 0) is 55.0 Å². The molecule has 2 aromatic carbocycles. The summed E-state index contributed by atoms with van der Waals surface area (Å²) < 4.78 is 11.4. The summed E-state index contributed by atoms with van der Waals surface area (Å²) in [5, 5.41) is 4.00. The van der Waals surface area contributed by atoms with Crippen LogP contribution in [0.3, 0.4) is 0 Å². The number of carbonyl (C=O) groups is 1. The minimum Gasteiger partial charge on any atom is -0.493 e. The second-order valence-electron chi connectivity index (χ2n) is 6.88. The van der Waals surface area contributed by atoms with Crippen molar-refractivity contribution < 1.29 is 14.3 Å². The van der Waals surface area contributed by atoms with E-state index in [1.807, 2.05) is 37.3 Å². The quantitative estimate of drug-likeness (QED) is 0.357. The third kappa shape index (κ3) is 4.86. The topological polar surface area (TPSA) is 98.6 Å². The highest BCUT2D eigenvalue weighted by Crippen LogP contribution is 2.28. The predicted molar refractivity (Wildman–Crippen MR) is 121 cm³/mol. The summed E-state index contributed by atoms with van der Waals surface area (Å²) >= 11 is 0. The van der Waals surface area contributed by atoms with Crippen molar-refractivity contribution in [1.82, 2.24) is 20.4 Å². The third-order valence-corrected chi connectivity index (χ3v) is 4.72. The highest BCUT2D eigenvalue weighted by atomic mass is 16.5. The Labute approximate surface area is 185 Å². The third-order valence-electron chi connectivity index (χ3n) is 4.72. The van der Waals surface area contributed by atoms with Crippen LogP contribution in [0.25, 0.3) is 11.0 Å². The number of carbonyl (C=O) groups excluding carboxylic acids is 1. The molecule has 160 valence electrons. The van der Waals surface area contributed by atoms with E-state index in [4.69, 9.17) is 9.47 Å². The smallest absolute Gasteiger partial charge is 0.271 e. The Kier molecular flexibility index (Phi) is 6.31. The van der Waals surface area contributed by atoms with Gasteiger partial charge in [0.25, 0.3) is 5.91 Å². The minimum atomic E-state index is -0.317. The number of ether oxygens (including phenoxy) is 2. The number of benzene rings is 2. The van der Waals surface area contributed by atoms with E-state index in [0.29, 0.717) is 17.1 Å². The zero-order valence-electron chi connectivity index (χ0n) is 17.6. The van der Waals surface area contributed by atoms with E-state index in [9.17, 15) is 4.79 Å². The monoisotopic (exact) mass is 427 g/mol. The Hall–Kier alpha value is -4.33. The van der Waals surface area contributed by atoms with Crippen LogP contribution in [0.1, 0.15) is 27.3 Å². The van der Waals surface area contributed by atoms with E-state index in [-0.39, 0.29) is 12.5 Å². The van der Waals surface area contributed by atoms with E-state index in [1.54, 1.807) is 43.8 Å². The van der Waals surface area contributed by atoms with E-state index < -0.39 is 0 Å². The fraction of sp³-hybridized carbons (Fsp3) is 0.125. The maximum Gasteiger partial charge on any atom is 0.271 e. The number of methoxy groups -OCH3 is 1. The number of amides is 1. The van der Waals surface area contributed by atoms with Gasteiger partial charge in [-0.1, -0.05) is 12.1 Å². The Morgan fingerprint density at radius 3 is 2.53 bits per heavy atom. The van der Waals surface area contributed by atoms with Crippen LogP contribution in [0.15, 0.2) is 72.1 Å². The molecule has 8 heteroatoms. The Morgan fingerprint density at radius 2 is 1.78 bits per heavy atom. The molecule has 0 aliphatic rings. The molecule has 0 radical (unpaired) electrons. The van der Waals surface area contributed by atoms with Gasteiger partial charge in [0.1, 0.15) is 6.61 Å². The highest BCUT2D eigenvalue weighted by molar-refractivity contribution is 5.94. The van der Waals surface area contributed by atoms with Crippen LogP contribution in [0.2, 0.25) is 0 Å². The van der Waals surface area contributed by atoms with Crippen molar-refractivity contribution in [3.8, 4) is 11.5 Å². The highest BCUT2D eigenvalue weighted by Gasteiger charge is 2.10. The average Bonchev–Trinajstić information content (AvgIpc) is 2.83. The normalized spacial score (nSPS) is 10.9. The second kappa shape index (κ2) is 9.65. The molecule has 0 saturated carbocycles. The summed E-state index contributed by atoms with van der Waals surface area (Å²) in [6, 6.07) is 16.3. The zero-order valence-corrected chi connectivity index (χ0v) is 17.6. The number of pyridine rings is 1. The van der Waals surface area contributed by atoms with Gasteiger partial charge in [-0.25, -0.2) is 15.4 Å². The molecule has 0 aliphatic carbocycles. The van der Waals surface area contributed by atoms with Crippen LogP contribution in [0, 0.1) is 6.92 Å². The van der Waals surface area contributed by atoms with Crippen LogP contribution < -0.4 is 14.9 Å². The van der Waals surface area contributed by atoms with Gasteiger partial charge in [0.2, 0.25) is 0 Å². The molecule has 0 fully saturated rings. The molecule has 4 rings (SSSR count). The molecule has 4 aromatic rings. The second-order valence-corrected chi connectivity index (χ2v) is 6.88. The van der Waals surface area contributed by atoms with Crippen molar-refractivity contribution in [3.63, 3.8) is 0 Å². The molecule has 0 unspecified atom stereocenters. The number of rotatable bonds is 7. The van der Waals surface area contributed by atoms with Gasteiger partial charge in [0.15, 0.2) is 11.5 Å². The molecule has 0 atom stereocenters. The summed E-state index contributed by atoms with van der Waals surface area (Å²) in [5.74, 6) is 0.795. The summed E-state index contributed by atoms with van der Waals surface area (Å²) in [4.78, 5) is 25.2. The van der Waals surface area contributed by atoms with Crippen molar-refractivity contribution in [3.05, 3.63) is 89.5 Å². The van der Waals surface area contributed by atoms with Gasteiger partial charge in [-0.3, -0.25) is 9.78 Å². The zero-order chi connectivity index (χ0) is 22.3. The largest absolute Gasteiger partial charge is 0.493 e. The molecule has 1 amide bonds. The number of aryl methyl sites for hydroxylation is 1. The number of hydrogen-bond acceptors (Lipinski definition) is 7. The van der Waals surface area contributed by atoms with Crippen molar-refractivity contribution in [1.29, 1.82) is 0 Å². The van der Waals surface area contributed by atoms with Gasteiger partial charge in [0.05, 0.1) is 35.7 Å². The van der Waals surface area contributed by atoms with E-state index in [1.165, 1.54) is 6.21 Å². The van der Waals surface area contributed by atoms with Gasteiger partial charge in [-0.15, -0.1) is 0 Å². The first-order chi connectivity index (χ1) is 15.6. The van der Waals surface area contributed by atoms with Crippen LogP contribution in [0.5, 0.6) is 11.5 Å². The lowest BCUT2D eigenvalue weighted by Gasteiger charge is -2.12. The molecule has 0 saturated heterocycles. The molecular formula is C24H21N5O3. The van der Waals surface area contributed by atoms with Crippen molar-refractivity contribution in [2.75, 3.05) is 7.11 Å². The molecule has 32 heavy (non-hydrogen) atoms. The number of para-hydroxylation sites is 2. The SMILES string of the molecule is COc1cc(/C=N/NC(=O)c2ccncc2)ccc1OCc1nc2ccccc2nc1C. The molecule has 2 heterocycles. The van der Waals surface area contributed by atoms with Gasteiger partial charge in [0, 0.05) is 18.0 Å². The summed E-state index contributed by atoms with van der Waals surface area (Å²) in [6.45, 7) is 2.17. The van der Waals surface area contributed by atoms with E-state index >= 15 is 0 Å². The van der Waals surface area contributed by atoms with Crippen molar-refractivity contribution >= 4 is 23.2 Å². The fourth-order valence-electron chi connectivity index (χ4n) is 3.02. The predicted octanol–water partition coefficient (Wildman–Crippen LogP) is 3.68. The summed E-state index contributed by atoms with van der Waals surface area (Å²) in [5.41, 5.74) is 6.95. The molecule has 8 nitrogen and oxygen atoms in total. The lowest BCUT2D eigenvalue weighted by atomic mass is 10.2. The molecule has 0 aliphatic heterocycles. The van der Waals surface area contributed by atoms with Gasteiger partial charge >= 0.3 is 0 Å². The van der Waals surface area contributed by atoms with Crippen LogP contribution >= 0.6 is 0 Å². The Balaban J connectivity index is 1.43. The average molecular weight is 427 g/mol. The van der Waals surface area contributed by atoms with Gasteiger partial charge < -0.3 is 9.47 Å². The van der Waals surface area contributed by atoms with Crippen molar-refractivity contribution in [2.24, 2.45) is 5.10 Å². The summed E-state index contributed by atoms with van der Waals surface area (Å²) in [7, 11) is 1.56. The lowest BCUT2D eigenvalue weighted by Crippen LogP contribution is -2.17. The first-order valence-corrected chi connectivity index (χ1v) is 9.90. The van der Waals surface area contributed by atoms with Crippen LogP contribution in [-0.2, 0) is 6.61 Å². The first kappa shape index (κ1) is 20.9. The first-order valence-electron chi connectivity index (χ1n) is 9.90.